The molecule has 2 heterocycles. The molecule has 0 saturated carbocycles. The average molecular weight is 549 g/mol. The van der Waals surface area contributed by atoms with Gasteiger partial charge in [-0.25, -0.2) is 4.90 Å². The maximum atomic E-state index is 14.5. The van der Waals surface area contributed by atoms with E-state index in [1.54, 1.807) is 12.1 Å². The summed E-state index contributed by atoms with van der Waals surface area (Å²) in [6.07, 6.45) is 1.21. The van der Waals surface area contributed by atoms with Gasteiger partial charge in [-0.1, -0.05) is 86.6 Å². The predicted octanol–water partition coefficient (Wildman–Crippen LogP) is 5.19. The Morgan fingerprint density at radius 1 is 0.854 bits per heavy atom. The van der Waals surface area contributed by atoms with E-state index in [0.717, 1.165) is 27.5 Å². The highest BCUT2D eigenvalue weighted by Crippen LogP contribution is 2.52. The predicted molar refractivity (Wildman–Crippen MR) is 157 cm³/mol. The highest BCUT2D eigenvalue weighted by atomic mass is 16.4. The summed E-state index contributed by atoms with van der Waals surface area (Å²) in [5.74, 6) is -4.06. The van der Waals surface area contributed by atoms with Gasteiger partial charge in [0.15, 0.2) is 0 Å². The van der Waals surface area contributed by atoms with Crippen LogP contribution in [-0.4, -0.2) is 33.5 Å². The van der Waals surface area contributed by atoms with Crippen LogP contribution in [0.15, 0.2) is 84.9 Å². The van der Waals surface area contributed by atoms with E-state index in [4.69, 9.17) is 0 Å². The first-order valence-corrected chi connectivity index (χ1v) is 14.1. The van der Waals surface area contributed by atoms with E-state index in [0.29, 0.717) is 24.1 Å². The fourth-order valence-corrected chi connectivity index (χ4v) is 6.89. The average Bonchev–Trinajstić information content (AvgIpc) is 3.46. The number of carbonyl (C=O) groups excluding carboxylic acids is 2. The second-order valence-electron chi connectivity index (χ2n) is 11.0. The molecule has 208 valence electrons. The number of rotatable bonds is 7. The van der Waals surface area contributed by atoms with E-state index in [-0.39, 0.29) is 18.1 Å². The Bertz CT molecular complexity index is 1650. The number of benzene rings is 4. The molecule has 4 aromatic rings. The first-order valence-electron chi connectivity index (χ1n) is 14.1. The second kappa shape index (κ2) is 10.2. The van der Waals surface area contributed by atoms with E-state index in [2.05, 4.69) is 5.32 Å². The second-order valence-corrected chi connectivity index (χ2v) is 11.0. The number of para-hydroxylation sites is 1. The topological polar surface area (TPSA) is 107 Å². The third-order valence-corrected chi connectivity index (χ3v) is 8.80. The standard InChI is InChI=1S/C34H32N2O5/c1-3-21-10-7-11-22(4-2)30(21)36-31(38)27-28(32(36)39)34(33(40)41,19-20-15-17-24(37)18-16-20)35-29(27)26-14-8-12-23-9-5-6-13-25(23)26/h5-18,27-29,35,37H,3-4,19H2,1-2H3,(H,40,41). The lowest BCUT2D eigenvalue weighted by Gasteiger charge is -2.32. The molecule has 4 atom stereocenters. The summed E-state index contributed by atoms with van der Waals surface area (Å²) >= 11 is 0. The van der Waals surface area contributed by atoms with Crippen molar-refractivity contribution in [2.75, 3.05) is 4.90 Å². The van der Waals surface area contributed by atoms with Crippen LogP contribution in [0.2, 0.25) is 0 Å². The number of nitrogens with zero attached hydrogens (tertiary/aromatic N) is 1. The molecule has 0 bridgehead atoms. The van der Waals surface area contributed by atoms with Crippen molar-refractivity contribution in [1.82, 2.24) is 5.32 Å². The van der Waals surface area contributed by atoms with Gasteiger partial charge in [-0.3, -0.25) is 19.7 Å². The van der Waals surface area contributed by atoms with Crippen molar-refractivity contribution in [3.63, 3.8) is 0 Å². The molecule has 0 radical (unpaired) electrons. The van der Waals surface area contributed by atoms with Crippen molar-refractivity contribution in [2.24, 2.45) is 11.8 Å². The number of imide groups is 1. The normalized spacial score (nSPS) is 23.8. The Balaban J connectivity index is 1.57. The Labute approximate surface area is 238 Å². The summed E-state index contributed by atoms with van der Waals surface area (Å²) in [6, 6.07) is 24.9. The van der Waals surface area contributed by atoms with Crippen LogP contribution in [0.4, 0.5) is 5.69 Å². The van der Waals surface area contributed by atoms with Gasteiger partial charge in [0.2, 0.25) is 11.8 Å². The lowest BCUT2D eigenvalue weighted by molar-refractivity contribution is -0.148. The number of aliphatic carboxylic acids is 1. The van der Waals surface area contributed by atoms with Gasteiger partial charge < -0.3 is 10.2 Å². The van der Waals surface area contributed by atoms with Gasteiger partial charge in [-0.05, 0) is 58.0 Å². The number of phenolic OH excluding ortho intramolecular Hbond substituents is 1. The molecule has 7 heteroatoms. The summed E-state index contributed by atoms with van der Waals surface area (Å²) in [5.41, 5.74) is 2.01. The summed E-state index contributed by atoms with van der Waals surface area (Å²) in [7, 11) is 0. The zero-order chi connectivity index (χ0) is 28.9. The summed E-state index contributed by atoms with van der Waals surface area (Å²) in [5, 5.41) is 25.9. The largest absolute Gasteiger partial charge is 0.508 e. The van der Waals surface area contributed by atoms with Crippen LogP contribution in [0.5, 0.6) is 5.75 Å². The van der Waals surface area contributed by atoms with Crippen LogP contribution >= 0.6 is 0 Å². The molecule has 4 unspecified atom stereocenters. The van der Waals surface area contributed by atoms with Gasteiger partial charge in [0.05, 0.1) is 17.5 Å². The number of fused-ring (bicyclic) bond motifs is 2. The van der Waals surface area contributed by atoms with Crippen molar-refractivity contribution < 1.29 is 24.6 Å². The van der Waals surface area contributed by atoms with E-state index in [1.807, 2.05) is 74.5 Å². The maximum absolute atomic E-state index is 14.5. The molecule has 7 nitrogen and oxygen atoms in total. The maximum Gasteiger partial charge on any atom is 0.325 e. The van der Waals surface area contributed by atoms with Crippen LogP contribution in [0, 0.1) is 11.8 Å². The lowest BCUT2D eigenvalue weighted by Crippen LogP contribution is -2.57. The minimum atomic E-state index is -1.75. The highest BCUT2D eigenvalue weighted by molar-refractivity contribution is 6.25. The quantitative estimate of drug-likeness (QED) is 0.275. The van der Waals surface area contributed by atoms with Gasteiger partial charge in [0.1, 0.15) is 11.3 Å². The highest BCUT2D eigenvalue weighted by Gasteiger charge is 2.69. The Morgan fingerprint density at radius 3 is 2.15 bits per heavy atom. The molecular formula is C34H32N2O5. The van der Waals surface area contributed by atoms with Gasteiger partial charge in [-0.2, -0.15) is 0 Å². The molecule has 4 aromatic carbocycles. The number of carboxylic acid groups (broad SMARTS) is 1. The van der Waals surface area contributed by atoms with Crippen LogP contribution < -0.4 is 10.2 Å². The fraction of sp³-hybridized carbons (Fsp3) is 0.265. The lowest BCUT2D eigenvalue weighted by atomic mass is 9.76. The molecular weight excluding hydrogens is 516 g/mol. The summed E-state index contributed by atoms with van der Waals surface area (Å²) in [6.45, 7) is 3.97. The number of aromatic hydroxyl groups is 1. The van der Waals surface area contributed by atoms with Crippen molar-refractivity contribution in [1.29, 1.82) is 0 Å². The summed E-state index contributed by atoms with van der Waals surface area (Å²) in [4.78, 5) is 43.6. The number of hydrogen-bond donors (Lipinski definition) is 3. The summed E-state index contributed by atoms with van der Waals surface area (Å²) < 4.78 is 0. The number of aryl methyl sites for hydroxylation is 2. The van der Waals surface area contributed by atoms with E-state index in [9.17, 15) is 24.6 Å². The zero-order valence-electron chi connectivity index (χ0n) is 23.0. The molecule has 0 spiro atoms. The number of carboxylic acids is 1. The van der Waals surface area contributed by atoms with Crippen molar-refractivity contribution in [2.45, 2.75) is 44.7 Å². The molecule has 6 rings (SSSR count). The number of carbonyl (C=O) groups is 3. The van der Waals surface area contributed by atoms with Gasteiger partial charge in [0.25, 0.3) is 0 Å². The smallest absolute Gasteiger partial charge is 0.325 e. The molecule has 3 N–H and O–H groups in total. The fourth-order valence-electron chi connectivity index (χ4n) is 6.89. The molecule has 2 aliphatic rings. The van der Waals surface area contributed by atoms with Crippen LogP contribution in [-0.2, 0) is 33.6 Å². The number of hydrogen-bond acceptors (Lipinski definition) is 5. The molecule has 0 aliphatic carbocycles. The monoisotopic (exact) mass is 548 g/mol. The van der Waals surface area contributed by atoms with Gasteiger partial charge in [-0.15, -0.1) is 0 Å². The minimum absolute atomic E-state index is 0.0338. The van der Waals surface area contributed by atoms with E-state index >= 15 is 0 Å². The van der Waals surface area contributed by atoms with Crippen LogP contribution in [0.1, 0.15) is 42.1 Å². The molecule has 2 aliphatic heterocycles. The number of phenols is 1. The molecule has 0 aromatic heterocycles. The van der Waals surface area contributed by atoms with Crippen molar-refractivity contribution in [3.8, 4) is 5.75 Å². The number of nitrogens with one attached hydrogen (secondary N) is 1. The van der Waals surface area contributed by atoms with Crippen molar-refractivity contribution in [3.05, 3.63) is 107 Å². The van der Waals surface area contributed by atoms with E-state index in [1.165, 1.54) is 17.0 Å². The zero-order valence-corrected chi connectivity index (χ0v) is 23.0. The molecule has 41 heavy (non-hydrogen) atoms. The Morgan fingerprint density at radius 2 is 1.49 bits per heavy atom. The molecule has 2 saturated heterocycles. The third-order valence-electron chi connectivity index (χ3n) is 8.80. The number of anilines is 1. The minimum Gasteiger partial charge on any atom is -0.508 e. The number of amides is 2. The Kier molecular flexibility index (Phi) is 6.62. The SMILES string of the molecule is CCc1cccc(CC)c1N1C(=O)C2C(c3cccc4ccccc34)NC(Cc3ccc(O)cc3)(C(=O)O)C2C1=O. The van der Waals surface area contributed by atoms with Gasteiger partial charge >= 0.3 is 5.97 Å². The van der Waals surface area contributed by atoms with Crippen molar-refractivity contribution >= 4 is 34.2 Å². The van der Waals surface area contributed by atoms with Crippen LogP contribution in [0.3, 0.4) is 0 Å². The Hall–Kier alpha value is -4.49. The first-order chi connectivity index (χ1) is 19.8. The molecule has 2 amide bonds. The van der Waals surface area contributed by atoms with E-state index < -0.39 is 35.3 Å². The third kappa shape index (κ3) is 4.11. The first kappa shape index (κ1) is 26.7. The van der Waals surface area contributed by atoms with Crippen LogP contribution in [0.25, 0.3) is 10.8 Å². The molecule has 2 fully saturated rings. The van der Waals surface area contributed by atoms with Gasteiger partial charge in [0, 0.05) is 12.5 Å².